The van der Waals surface area contributed by atoms with E-state index in [1.54, 1.807) is 23.1 Å². The number of aromatic nitrogens is 1. The highest BCUT2D eigenvalue weighted by Gasteiger charge is 2.27. The van der Waals surface area contributed by atoms with E-state index in [1.165, 1.54) is 6.26 Å². The number of amides is 1. The van der Waals surface area contributed by atoms with Crippen molar-refractivity contribution >= 4 is 17.5 Å². The summed E-state index contributed by atoms with van der Waals surface area (Å²) < 4.78 is 10.6. The monoisotopic (exact) mass is 306 g/mol. The van der Waals surface area contributed by atoms with Crippen molar-refractivity contribution in [3.63, 3.8) is 0 Å². The van der Waals surface area contributed by atoms with Gasteiger partial charge in [-0.3, -0.25) is 4.79 Å². The average Bonchev–Trinajstić information content (AvgIpc) is 3.10. The van der Waals surface area contributed by atoms with Crippen LogP contribution >= 0.6 is 11.6 Å². The highest BCUT2D eigenvalue weighted by atomic mass is 35.5. The first-order valence-electron chi connectivity index (χ1n) is 6.80. The molecule has 0 saturated carbocycles. The maximum absolute atomic E-state index is 12.1. The van der Waals surface area contributed by atoms with Gasteiger partial charge < -0.3 is 14.2 Å². The Morgan fingerprint density at radius 3 is 3.14 bits per heavy atom. The van der Waals surface area contributed by atoms with Crippen molar-refractivity contribution in [1.29, 1.82) is 0 Å². The van der Waals surface area contributed by atoms with Gasteiger partial charge >= 0.3 is 0 Å². The van der Waals surface area contributed by atoms with Gasteiger partial charge in [-0.15, -0.1) is 0 Å². The van der Waals surface area contributed by atoms with E-state index in [9.17, 15) is 4.79 Å². The van der Waals surface area contributed by atoms with Crippen LogP contribution in [0.15, 0.2) is 41.1 Å². The van der Waals surface area contributed by atoms with Crippen LogP contribution in [0.4, 0.5) is 0 Å². The van der Waals surface area contributed by atoms with E-state index in [1.807, 2.05) is 12.1 Å². The van der Waals surface area contributed by atoms with Gasteiger partial charge in [0.15, 0.2) is 0 Å². The second kappa shape index (κ2) is 6.18. The number of ether oxygens (including phenoxy) is 1. The number of likely N-dealkylation sites (tertiary alicyclic amines) is 1. The third kappa shape index (κ3) is 3.55. The van der Waals surface area contributed by atoms with Crippen molar-refractivity contribution in [2.24, 2.45) is 0 Å². The van der Waals surface area contributed by atoms with Crippen molar-refractivity contribution in [2.75, 3.05) is 13.1 Å². The first-order chi connectivity index (χ1) is 10.2. The molecule has 1 aliphatic rings. The number of carbonyl (C=O) groups is 1. The molecule has 1 atom stereocenters. The average molecular weight is 307 g/mol. The van der Waals surface area contributed by atoms with Gasteiger partial charge in [-0.25, -0.2) is 0 Å². The maximum atomic E-state index is 12.1. The summed E-state index contributed by atoms with van der Waals surface area (Å²) in [6, 6.07) is 9.00. The standard InChI is InChI=1S/C15H15ClN2O3/c16-11-2-1-3-13(8-11)21-14-4-6-18(10-14)15(19)9-12-5-7-20-17-12/h1-3,5,7-8,14H,4,6,9-10H2/t14-/m1/s1. The number of halogens is 1. The maximum Gasteiger partial charge on any atom is 0.228 e. The summed E-state index contributed by atoms with van der Waals surface area (Å²) in [6.07, 6.45) is 2.56. The van der Waals surface area contributed by atoms with Crippen molar-refractivity contribution in [1.82, 2.24) is 10.1 Å². The molecule has 0 spiro atoms. The van der Waals surface area contributed by atoms with E-state index in [-0.39, 0.29) is 18.4 Å². The summed E-state index contributed by atoms with van der Waals surface area (Å²) in [5.41, 5.74) is 0.652. The molecule has 21 heavy (non-hydrogen) atoms. The number of carbonyl (C=O) groups excluding carboxylic acids is 1. The topological polar surface area (TPSA) is 55.6 Å². The molecule has 1 saturated heterocycles. The van der Waals surface area contributed by atoms with Crippen LogP contribution in [0.5, 0.6) is 5.75 Å². The van der Waals surface area contributed by atoms with E-state index in [0.717, 1.165) is 12.2 Å². The van der Waals surface area contributed by atoms with Crippen molar-refractivity contribution in [3.05, 3.63) is 47.3 Å². The lowest BCUT2D eigenvalue weighted by Crippen LogP contribution is -2.32. The molecule has 5 nitrogen and oxygen atoms in total. The summed E-state index contributed by atoms with van der Waals surface area (Å²) in [5, 5.41) is 4.40. The first-order valence-corrected chi connectivity index (χ1v) is 7.18. The van der Waals surface area contributed by atoms with Crippen LogP contribution < -0.4 is 4.74 Å². The summed E-state index contributed by atoms with van der Waals surface area (Å²) >= 11 is 5.93. The molecule has 1 aromatic heterocycles. The molecule has 2 aromatic rings. The van der Waals surface area contributed by atoms with Crippen LogP contribution in [0, 0.1) is 0 Å². The fraction of sp³-hybridized carbons (Fsp3) is 0.333. The first kappa shape index (κ1) is 13.9. The smallest absolute Gasteiger partial charge is 0.228 e. The van der Waals surface area contributed by atoms with Crippen molar-refractivity contribution in [3.8, 4) is 5.75 Å². The van der Waals surface area contributed by atoms with Crippen LogP contribution in [0.25, 0.3) is 0 Å². The van der Waals surface area contributed by atoms with E-state index in [2.05, 4.69) is 5.16 Å². The fourth-order valence-corrected chi connectivity index (χ4v) is 2.56. The fourth-order valence-electron chi connectivity index (χ4n) is 2.38. The minimum Gasteiger partial charge on any atom is -0.488 e. The summed E-state index contributed by atoms with van der Waals surface area (Å²) in [4.78, 5) is 13.9. The zero-order valence-electron chi connectivity index (χ0n) is 11.4. The molecule has 110 valence electrons. The minimum absolute atomic E-state index is 0.00438. The summed E-state index contributed by atoms with van der Waals surface area (Å²) in [5.74, 6) is 0.777. The zero-order chi connectivity index (χ0) is 14.7. The number of benzene rings is 1. The molecule has 0 N–H and O–H groups in total. The van der Waals surface area contributed by atoms with Gasteiger partial charge in [0.2, 0.25) is 5.91 Å². The Bertz CT molecular complexity index is 615. The minimum atomic E-state index is 0.00438. The zero-order valence-corrected chi connectivity index (χ0v) is 12.1. The second-order valence-electron chi connectivity index (χ2n) is 4.99. The van der Waals surface area contributed by atoms with E-state index >= 15 is 0 Å². The number of rotatable bonds is 4. The van der Waals surface area contributed by atoms with Crippen LogP contribution in [-0.2, 0) is 11.2 Å². The molecule has 0 aliphatic carbocycles. The van der Waals surface area contributed by atoms with E-state index in [0.29, 0.717) is 23.8 Å². The van der Waals surface area contributed by atoms with Crippen molar-refractivity contribution in [2.45, 2.75) is 18.9 Å². The van der Waals surface area contributed by atoms with Gasteiger partial charge in [0, 0.05) is 24.1 Å². The Hall–Kier alpha value is -2.01. The Kier molecular flexibility index (Phi) is 4.10. The molecule has 1 aliphatic heterocycles. The molecular weight excluding hydrogens is 292 g/mol. The Balaban J connectivity index is 1.54. The van der Waals surface area contributed by atoms with Crippen LogP contribution in [0.3, 0.4) is 0 Å². The van der Waals surface area contributed by atoms with E-state index in [4.69, 9.17) is 20.9 Å². The lowest BCUT2D eigenvalue weighted by atomic mass is 10.3. The predicted octanol–water partition coefficient (Wildman–Crippen LogP) is 2.55. The van der Waals surface area contributed by atoms with Gasteiger partial charge in [0.1, 0.15) is 18.1 Å². The third-order valence-corrected chi connectivity index (χ3v) is 3.66. The predicted molar refractivity (Wildman–Crippen MR) is 77.3 cm³/mol. The molecule has 1 amide bonds. The quantitative estimate of drug-likeness (QED) is 0.871. The van der Waals surface area contributed by atoms with Gasteiger partial charge in [-0.1, -0.05) is 22.8 Å². The van der Waals surface area contributed by atoms with Crippen LogP contribution in [-0.4, -0.2) is 35.2 Å². The van der Waals surface area contributed by atoms with Crippen molar-refractivity contribution < 1.29 is 14.1 Å². The van der Waals surface area contributed by atoms with Gasteiger partial charge in [0.05, 0.1) is 18.7 Å². The lowest BCUT2D eigenvalue weighted by Gasteiger charge is -2.17. The molecule has 1 aromatic carbocycles. The number of nitrogens with zero attached hydrogens (tertiary/aromatic N) is 2. The van der Waals surface area contributed by atoms with Crippen LogP contribution in [0.2, 0.25) is 5.02 Å². The largest absolute Gasteiger partial charge is 0.488 e. The van der Waals surface area contributed by atoms with Gasteiger partial charge in [-0.05, 0) is 18.2 Å². The molecular formula is C15H15ClN2O3. The molecule has 3 rings (SSSR count). The molecule has 6 heteroatoms. The highest BCUT2D eigenvalue weighted by molar-refractivity contribution is 6.30. The Labute approximate surface area is 127 Å². The normalized spacial score (nSPS) is 18.0. The lowest BCUT2D eigenvalue weighted by molar-refractivity contribution is -0.129. The third-order valence-electron chi connectivity index (χ3n) is 3.42. The van der Waals surface area contributed by atoms with Gasteiger partial charge in [-0.2, -0.15) is 0 Å². The Morgan fingerprint density at radius 1 is 1.48 bits per heavy atom. The molecule has 0 unspecified atom stereocenters. The SMILES string of the molecule is O=C(Cc1ccon1)N1CC[C@@H](Oc2cccc(Cl)c2)C1. The second-order valence-corrected chi connectivity index (χ2v) is 5.43. The highest BCUT2D eigenvalue weighted by Crippen LogP contribution is 2.22. The summed E-state index contributed by atoms with van der Waals surface area (Å²) in [7, 11) is 0. The number of hydrogen-bond donors (Lipinski definition) is 0. The molecule has 0 bridgehead atoms. The summed E-state index contributed by atoms with van der Waals surface area (Å²) in [6.45, 7) is 1.28. The molecule has 0 radical (unpaired) electrons. The molecule has 2 heterocycles. The van der Waals surface area contributed by atoms with E-state index < -0.39 is 0 Å². The van der Waals surface area contributed by atoms with Crippen LogP contribution in [0.1, 0.15) is 12.1 Å². The molecule has 1 fully saturated rings. The Morgan fingerprint density at radius 2 is 2.38 bits per heavy atom. The number of hydrogen-bond acceptors (Lipinski definition) is 4. The van der Waals surface area contributed by atoms with Gasteiger partial charge in [0.25, 0.3) is 0 Å².